The number of benzene rings is 1. The Morgan fingerprint density at radius 2 is 2.20 bits per heavy atom. The summed E-state index contributed by atoms with van der Waals surface area (Å²) in [6.07, 6.45) is 1.68. The summed E-state index contributed by atoms with van der Waals surface area (Å²) in [5.41, 5.74) is 6.26. The van der Waals surface area contributed by atoms with Crippen LogP contribution in [0.4, 0.5) is 5.69 Å². The van der Waals surface area contributed by atoms with E-state index in [0.717, 1.165) is 12.8 Å². The number of carbonyl (C=O) groups excluding carboxylic acids is 1. The number of carbonyl (C=O) groups is 1. The van der Waals surface area contributed by atoms with Gasteiger partial charge < -0.3 is 25.3 Å². The molecule has 0 aromatic heterocycles. The molecular weight excluding hydrogens is 260 g/mol. The van der Waals surface area contributed by atoms with E-state index in [1.165, 1.54) is 0 Å². The van der Waals surface area contributed by atoms with Crippen molar-refractivity contribution in [2.45, 2.75) is 18.9 Å². The zero-order valence-electron chi connectivity index (χ0n) is 11.6. The van der Waals surface area contributed by atoms with E-state index < -0.39 is 0 Å². The SMILES string of the molecule is COc1ccc(N)c(OCC(=O)NC2CCOCC2)c1. The average Bonchev–Trinajstić information content (AvgIpc) is 2.47. The third kappa shape index (κ3) is 4.03. The molecule has 1 amide bonds. The predicted molar refractivity (Wildman–Crippen MR) is 74.9 cm³/mol. The Kier molecular flexibility index (Phi) is 5.06. The van der Waals surface area contributed by atoms with Gasteiger partial charge in [-0.15, -0.1) is 0 Å². The number of ether oxygens (including phenoxy) is 3. The van der Waals surface area contributed by atoms with E-state index in [1.807, 2.05) is 0 Å². The number of nitrogens with two attached hydrogens (primary N) is 1. The van der Waals surface area contributed by atoms with Gasteiger partial charge in [0.1, 0.15) is 11.5 Å². The fourth-order valence-corrected chi connectivity index (χ4v) is 2.02. The average molecular weight is 280 g/mol. The molecule has 6 nitrogen and oxygen atoms in total. The predicted octanol–water partition coefficient (Wildman–Crippen LogP) is 0.951. The van der Waals surface area contributed by atoms with Crippen LogP contribution in [0.3, 0.4) is 0 Å². The van der Waals surface area contributed by atoms with Crippen LogP contribution in [0.1, 0.15) is 12.8 Å². The number of nitrogens with one attached hydrogen (secondary N) is 1. The summed E-state index contributed by atoms with van der Waals surface area (Å²) in [5, 5.41) is 2.92. The van der Waals surface area contributed by atoms with Gasteiger partial charge in [-0.2, -0.15) is 0 Å². The lowest BCUT2D eigenvalue weighted by Gasteiger charge is -2.23. The Hall–Kier alpha value is -1.95. The van der Waals surface area contributed by atoms with E-state index in [4.69, 9.17) is 19.9 Å². The maximum absolute atomic E-state index is 11.8. The first kappa shape index (κ1) is 14.5. The first-order valence-corrected chi connectivity index (χ1v) is 6.62. The third-order valence-electron chi connectivity index (χ3n) is 3.17. The molecule has 1 heterocycles. The number of anilines is 1. The van der Waals surface area contributed by atoms with Crippen LogP contribution < -0.4 is 20.5 Å². The van der Waals surface area contributed by atoms with E-state index >= 15 is 0 Å². The van der Waals surface area contributed by atoms with Crippen LogP contribution in [-0.2, 0) is 9.53 Å². The number of amides is 1. The van der Waals surface area contributed by atoms with Crippen molar-refractivity contribution in [1.29, 1.82) is 0 Å². The second-order valence-corrected chi connectivity index (χ2v) is 4.65. The lowest BCUT2D eigenvalue weighted by Crippen LogP contribution is -2.41. The zero-order chi connectivity index (χ0) is 14.4. The van der Waals surface area contributed by atoms with Gasteiger partial charge in [-0.25, -0.2) is 0 Å². The van der Waals surface area contributed by atoms with Crippen molar-refractivity contribution in [3.63, 3.8) is 0 Å². The van der Waals surface area contributed by atoms with Gasteiger partial charge in [0, 0.05) is 25.3 Å². The lowest BCUT2D eigenvalue weighted by molar-refractivity contribution is -0.124. The molecule has 0 atom stereocenters. The Balaban J connectivity index is 1.83. The van der Waals surface area contributed by atoms with E-state index in [9.17, 15) is 4.79 Å². The van der Waals surface area contributed by atoms with Crippen LogP contribution in [-0.4, -0.2) is 38.9 Å². The van der Waals surface area contributed by atoms with E-state index in [0.29, 0.717) is 30.4 Å². The number of rotatable bonds is 5. The van der Waals surface area contributed by atoms with Crippen LogP contribution in [0, 0.1) is 0 Å². The summed E-state index contributed by atoms with van der Waals surface area (Å²) in [6, 6.07) is 5.26. The van der Waals surface area contributed by atoms with Crippen LogP contribution in [0.15, 0.2) is 18.2 Å². The summed E-state index contributed by atoms with van der Waals surface area (Å²) >= 11 is 0. The van der Waals surface area contributed by atoms with Crippen molar-refractivity contribution >= 4 is 11.6 Å². The van der Waals surface area contributed by atoms with Gasteiger partial charge in [0.15, 0.2) is 6.61 Å². The summed E-state index contributed by atoms with van der Waals surface area (Å²) in [6.45, 7) is 1.32. The van der Waals surface area contributed by atoms with Crippen molar-refractivity contribution in [2.24, 2.45) is 0 Å². The summed E-state index contributed by atoms with van der Waals surface area (Å²) in [7, 11) is 1.56. The van der Waals surface area contributed by atoms with Crippen LogP contribution in [0.5, 0.6) is 11.5 Å². The van der Waals surface area contributed by atoms with Crippen LogP contribution in [0.2, 0.25) is 0 Å². The molecule has 1 aromatic carbocycles. The fraction of sp³-hybridized carbons (Fsp3) is 0.500. The second-order valence-electron chi connectivity index (χ2n) is 4.65. The van der Waals surface area contributed by atoms with Gasteiger partial charge in [0.2, 0.25) is 0 Å². The van der Waals surface area contributed by atoms with Gasteiger partial charge in [-0.05, 0) is 25.0 Å². The molecule has 20 heavy (non-hydrogen) atoms. The maximum Gasteiger partial charge on any atom is 0.258 e. The van der Waals surface area contributed by atoms with Gasteiger partial charge in [0.05, 0.1) is 12.8 Å². The highest BCUT2D eigenvalue weighted by molar-refractivity contribution is 5.78. The van der Waals surface area contributed by atoms with Crippen molar-refractivity contribution in [3.05, 3.63) is 18.2 Å². The standard InChI is InChI=1S/C14H20N2O4/c1-18-11-2-3-12(15)13(8-11)20-9-14(17)16-10-4-6-19-7-5-10/h2-3,8,10H,4-7,9,15H2,1H3,(H,16,17). The first-order valence-electron chi connectivity index (χ1n) is 6.62. The van der Waals surface area contributed by atoms with Gasteiger partial charge in [-0.3, -0.25) is 4.79 Å². The zero-order valence-corrected chi connectivity index (χ0v) is 11.6. The smallest absolute Gasteiger partial charge is 0.258 e. The van der Waals surface area contributed by atoms with Crippen LogP contribution in [0.25, 0.3) is 0 Å². The topological polar surface area (TPSA) is 82.8 Å². The number of methoxy groups -OCH3 is 1. The summed E-state index contributed by atoms with van der Waals surface area (Å²) < 4.78 is 15.8. The third-order valence-corrected chi connectivity index (χ3v) is 3.17. The van der Waals surface area contributed by atoms with Crippen molar-refractivity contribution in [1.82, 2.24) is 5.32 Å². The minimum absolute atomic E-state index is 0.0608. The molecule has 110 valence electrons. The molecular formula is C14H20N2O4. The molecule has 1 aromatic rings. The minimum atomic E-state index is -0.154. The molecule has 0 bridgehead atoms. The second kappa shape index (κ2) is 7.00. The summed E-state index contributed by atoms with van der Waals surface area (Å²) in [4.78, 5) is 11.8. The molecule has 2 rings (SSSR count). The minimum Gasteiger partial charge on any atom is -0.497 e. The molecule has 6 heteroatoms. The highest BCUT2D eigenvalue weighted by Crippen LogP contribution is 2.26. The Morgan fingerprint density at radius 1 is 1.45 bits per heavy atom. The van der Waals surface area contributed by atoms with Crippen molar-refractivity contribution in [2.75, 3.05) is 32.7 Å². The monoisotopic (exact) mass is 280 g/mol. The molecule has 0 aliphatic carbocycles. The highest BCUT2D eigenvalue weighted by Gasteiger charge is 2.16. The number of hydrogen-bond acceptors (Lipinski definition) is 5. The quantitative estimate of drug-likeness (QED) is 0.785. The van der Waals surface area contributed by atoms with Gasteiger partial charge in [0.25, 0.3) is 5.91 Å². The van der Waals surface area contributed by atoms with E-state index in [2.05, 4.69) is 5.32 Å². The molecule has 0 radical (unpaired) electrons. The molecule has 1 fully saturated rings. The van der Waals surface area contributed by atoms with Crippen LogP contribution >= 0.6 is 0 Å². The molecule has 3 N–H and O–H groups in total. The van der Waals surface area contributed by atoms with Gasteiger partial charge >= 0.3 is 0 Å². The fourth-order valence-electron chi connectivity index (χ4n) is 2.02. The van der Waals surface area contributed by atoms with Crippen molar-refractivity contribution < 1.29 is 19.0 Å². The van der Waals surface area contributed by atoms with Crippen molar-refractivity contribution in [3.8, 4) is 11.5 Å². The Bertz CT molecular complexity index is 458. The molecule has 1 aliphatic heterocycles. The van der Waals surface area contributed by atoms with E-state index in [1.54, 1.807) is 25.3 Å². The lowest BCUT2D eigenvalue weighted by atomic mass is 10.1. The molecule has 0 saturated carbocycles. The van der Waals surface area contributed by atoms with E-state index in [-0.39, 0.29) is 18.6 Å². The molecule has 1 saturated heterocycles. The number of hydrogen-bond donors (Lipinski definition) is 2. The Morgan fingerprint density at radius 3 is 2.90 bits per heavy atom. The number of nitrogen functional groups attached to an aromatic ring is 1. The first-order chi connectivity index (χ1) is 9.69. The highest BCUT2D eigenvalue weighted by atomic mass is 16.5. The molecule has 1 aliphatic rings. The van der Waals surface area contributed by atoms with Gasteiger partial charge in [-0.1, -0.05) is 0 Å². The largest absolute Gasteiger partial charge is 0.497 e. The maximum atomic E-state index is 11.8. The normalized spacial score (nSPS) is 15.7. The molecule has 0 spiro atoms. The molecule has 0 unspecified atom stereocenters. The Labute approximate surface area is 118 Å². The summed E-state index contributed by atoms with van der Waals surface area (Å²) in [5.74, 6) is 0.935.